The van der Waals surface area contributed by atoms with Crippen LogP contribution in [0.3, 0.4) is 0 Å². The van der Waals surface area contributed by atoms with Crippen molar-refractivity contribution in [2.45, 2.75) is 25.8 Å². The Labute approximate surface area is 212 Å². The first-order valence-electron chi connectivity index (χ1n) is 10.5. The molecule has 0 saturated heterocycles. The highest BCUT2D eigenvalue weighted by Gasteiger charge is 2.30. The van der Waals surface area contributed by atoms with Crippen molar-refractivity contribution < 1.29 is 8.78 Å². The number of nitrogens with zero attached hydrogens (tertiary/aromatic N) is 3. The predicted octanol–water partition coefficient (Wildman–Crippen LogP) is 8.07. The quantitative estimate of drug-likeness (QED) is 0.256. The molecule has 0 unspecified atom stereocenters. The Morgan fingerprint density at radius 1 is 0.912 bits per heavy atom. The highest BCUT2D eigenvalue weighted by molar-refractivity contribution is 6.42. The zero-order valence-electron chi connectivity index (χ0n) is 18.8. The molecule has 3 aromatic carbocycles. The van der Waals surface area contributed by atoms with Crippen LogP contribution in [0.1, 0.15) is 30.9 Å². The third kappa shape index (κ3) is 4.65. The number of aromatic nitrogens is 2. The van der Waals surface area contributed by atoms with Crippen molar-refractivity contribution in [2.75, 3.05) is 11.9 Å². The zero-order valence-corrected chi connectivity index (χ0v) is 21.1. The second-order valence-electron chi connectivity index (χ2n) is 8.55. The molecule has 0 aliphatic carbocycles. The lowest BCUT2D eigenvalue weighted by Crippen LogP contribution is -2.25. The highest BCUT2D eigenvalue weighted by Crippen LogP contribution is 2.37. The van der Waals surface area contributed by atoms with Gasteiger partial charge in [0.15, 0.2) is 0 Å². The fourth-order valence-corrected chi connectivity index (χ4v) is 4.60. The maximum Gasteiger partial charge on any atom is 0.148 e. The second-order valence-corrected chi connectivity index (χ2v) is 9.77. The van der Waals surface area contributed by atoms with E-state index in [1.807, 2.05) is 30.5 Å². The molecule has 176 valence electrons. The van der Waals surface area contributed by atoms with Crippen molar-refractivity contribution in [1.29, 1.82) is 0 Å². The third-order valence-corrected chi connectivity index (χ3v) is 6.94. The van der Waals surface area contributed by atoms with Gasteiger partial charge >= 0.3 is 0 Å². The molecule has 0 atom stereocenters. The summed E-state index contributed by atoms with van der Waals surface area (Å²) in [5.41, 5.74) is 2.25. The number of imidazole rings is 1. The molecule has 8 heteroatoms. The van der Waals surface area contributed by atoms with Crippen molar-refractivity contribution in [3.05, 3.63) is 111 Å². The molecule has 4 rings (SSSR count). The average molecular weight is 521 g/mol. The minimum atomic E-state index is -0.540. The van der Waals surface area contributed by atoms with E-state index < -0.39 is 11.2 Å². The molecular weight excluding hydrogens is 499 g/mol. The van der Waals surface area contributed by atoms with Crippen LogP contribution in [-0.2, 0) is 12.0 Å². The van der Waals surface area contributed by atoms with Crippen molar-refractivity contribution in [1.82, 2.24) is 9.55 Å². The molecule has 1 heterocycles. The number of rotatable bonds is 6. The Hall–Kier alpha value is -2.60. The van der Waals surface area contributed by atoms with Crippen LogP contribution in [0.25, 0.3) is 5.69 Å². The van der Waals surface area contributed by atoms with Crippen LogP contribution in [-0.4, -0.2) is 16.6 Å². The fraction of sp³-hybridized carbons (Fsp3) is 0.192. The number of benzene rings is 3. The zero-order chi connectivity index (χ0) is 24.6. The molecular formula is C26H22Cl3F2N3. The summed E-state index contributed by atoms with van der Waals surface area (Å²) in [6, 6.07) is 16.2. The summed E-state index contributed by atoms with van der Waals surface area (Å²) < 4.78 is 30.2. The van der Waals surface area contributed by atoms with Crippen molar-refractivity contribution in [3.8, 4) is 5.69 Å². The average Bonchev–Trinajstić information content (AvgIpc) is 3.20. The van der Waals surface area contributed by atoms with Gasteiger partial charge in [-0.2, -0.15) is 0 Å². The number of para-hydroxylation sites is 1. The van der Waals surface area contributed by atoms with E-state index in [2.05, 4.69) is 4.98 Å². The van der Waals surface area contributed by atoms with Crippen LogP contribution in [0, 0.1) is 11.6 Å². The lowest BCUT2D eigenvalue weighted by Gasteiger charge is -2.28. The van der Waals surface area contributed by atoms with Gasteiger partial charge in [0.2, 0.25) is 0 Å². The number of hydrogen-bond donors (Lipinski definition) is 0. The molecule has 3 nitrogen and oxygen atoms in total. The van der Waals surface area contributed by atoms with Gasteiger partial charge in [0.1, 0.15) is 17.5 Å². The molecule has 0 radical (unpaired) electrons. The Morgan fingerprint density at radius 3 is 2.26 bits per heavy atom. The van der Waals surface area contributed by atoms with Gasteiger partial charge < -0.3 is 4.90 Å². The number of halogens is 5. The van der Waals surface area contributed by atoms with E-state index in [-0.39, 0.29) is 18.0 Å². The van der Waals surface area contributed by atoms with E-state index in [0.717, 1.165) is 16.9 Å². The van der Waals surface area contributed by atoms with Crippen molar-refractivity contribution in [3.63, 3.8) is 0 Å². The minimum Gasteiger partial charge on any atom is -0.364 e. The summed E-state index contributed by atoms with van der Waals surface area (Å²) in [6.07, 6.45) is 1.78. The normalized spacial score (nSPS) is 11.6. The van der Waals surface area contributed by atoms with E-state index >= 15 is 0 Å². The summed E-state index contributed by atoms with van der Waals surface area (Å²) in [5, 5.41) is 1.23. The summed E-state index contributed by atoms with van der Waals surface area (Å²) >= 11 is 18.7. The van der Waals surface area contributed by atoms with Gasteiger partial charge in [-0.25, -0.2) is 13.8 Å². The molecule has 1 aromatic heterocycles. The summed E-state index contributed by atoms with van der Waals surface area (Å²) in [6.45, 7) is 4.35. The fourth-order valence-electron chi connectivity index (χ4n) is 4.00. The van der Waals surface area contributed by atoms with Crippen molar-refractivity contribution in [2.24, 2.45) is 0 Å². The predicted molar refractivity (Wildman–Crippen MR) is 136 cm³/mol. The van der Waals surface area contributed by atoms with Gasteiger partial charge in [-0.1, -0.05) is 60.8 Å². The van der Waals surface area contributed by atoms with Gasteiger partial charge in [-0.05, 0) is 54.1 Å². The second kappa shape index (κ2) is 9.57. The Kier molecular flexibility index (Phi) is 6.90. The molecule has 0 fully saturated rings. The van der Waals surface area contributed by atoms with Crippen LogP contribution >= 0.6 is 34.8 Å². The molecule has 0 aliphatic heterocycles. The first kappa shape index (κ1) is 24.5. The van der Waals surface area contributed by atoms with E-state index in [0.29, 0.717) is 20.9 Å². The molecule has 0 saturated carbocycles. The van der Waals surface area contributed by atoms with Crippen LogP contribution < -0.4 is 4.90 Å². The monoisotopic (exact) mass is 519 g/mol. The molecule has 0 spiro atoms. The SMILES string of the molecule is CN(Cc1ncc(C(C)(C)c2ccc(Cl)c(Cl)c2)n1-c1ccc(F)cc1)c1c(F)cccc1Cl. The topological polar surface area (TPSA) is 21.1 Å². The van der Waals surface area contributed by atoms with Crippen LogP contribution in [0.2, 0.25) is 15.1 Å². The maximum absolute atomic E-state index is 14.5. The molecule has 4 aromatic rings. The first-order valence-corrected chi connectivity index (χ1v) is 11.7. The lowest BCUT2D eigenvalue weighted by atomic mass is 9.81. The molecule has 0 N–H and O–H groups in total. The van der Waals surface area contributed by atoms with Crippen LogP contribution in [0.4, 0.5) is 14.5 Å². The Bertz CT molecular complexity index is 1310. The third-order valence-electron chi connectivity index (χ3n) is 5.90. The Balaban J connectivity index is 1.84. The summed E-state index contributed by atoms with van der Waals surface area (Å²) in [7, 11) is 1.75. The highest BCUT2D eigenvalue weighted by atomic mass is 35.5. The number of anilines is 1. The van der Waals surface area contributed by atoms with Gasteiger partial charge in [0.05, 0.1) is 33.0 Å². The molecule has 0 amide bonds. The summed E-state index contributed by atoms with van der Waals surface area (Å²) in [5.74, 6) is -0.131. The standard InChI is InChI=1S/C26H22Cl3F2N3/c1-26(2,16-7-12-19(27)21(29)13-16)23-14-32-24(34(23)18-10-8-17(30)9-11-18)15-33(3)25-20(28)5-4-6-22(25)31/h4-14H,15H2,1-3H3. The minimum absolute atomic E-state index is 0.259. The van der Waals surface area contributed by atoms with E-state index in [1.54, 1.807) is 48.5 Å². The molecule has 0 aliphatic rings. The Morgan fingerprint density at radius 2 is 1.62 bits per heavy atom. The number of hydrogen-bond acceptors (Lipinski definition) is 2. The summed E-state index contributed by atoms with van der Waals surface area (Å²) in [4.78, 5) is 6.38. The lowest BCUT2D eigenvalue weighted by molar-refractivity contribution is 0.592. The largest absolute Gasteiger partial charge is 0.364 e. The van der Waals surface area contributed by atoms with E-state index in [1.165, 1.54) is 18.2 Å². The smallest absolute Gasteiger partial charge is 0.148 e. The van der Waals surface area contributed by atoms with Gasteiger partial charge in [0, 0.05) is 24.3 Å². The van der Waals surface area contributed by atoms with Crippen LogP contribution in [0.5, 0.6) is 0 Å². The van der Waals surface area contributed by atoms with Gasteiger partial charge in [-0.15, -0.1) is 0 Å². The molecule has 34 heavy (non-hydrogen) atoms. The van der Waals surface area contributed by atoms with Crippen LogP contribution in [0.15, 0.2) is 66.9 Å². The van der Waals surface area contributed by atoms with Gasteiger partial charge in [-0.3, -0.25) is 4.57 Å². The molecule has 0 bridgehead atoms. The van der Waals surface area contributed by atoms with Gasteiger partial charge in [0.25, 0.3) is 0 Å². The maximum atomic E-state index is 14.5. The van der Waals surface area contributed by atoms with Crippen molar-refractivity contribution >= 4 is 40.5 Å². The first-order chi connectivity index (χ1) is 16.1. The van der Waals surface area contributed by atoms with E-state index in [4.69, 9.17) is 34.8 Å². The van der Waals surface area contributed by atoms with E-state index in [9.17, 15) is 8.78 Å².